The van der Waals surface area contributed by atoms with Crippen LogP contribution in [0.5, 0.6) is 0 Å². The van der Waals surface area contributed by atoms with E-state index >= 15 is 0 Å². The van der Waals surface area contributed by atoms with E-state index in [2.05, 4.69) is 54.4 Å². The van der Waals surface area contributed by atoms with Gasteiger partial charge in [-0.1, -0.05) is 54.6 Å². The van der Waals surface area contributed by atoms with E-state index in [1.165, 1.54) is 12.8 Å². The lowest BCUT2D eigenvalue weighted by Crippen LogP contribution is -2.25. The molecule has 0 unspecified atom stereocenters. The summed E-state index contributed by atoms with van der Waals surface area (Å²) in [5, 5.41) is 3.34. The zero-order valence-corrected chi connectivity index (χ0v) is 14.8. The first-order chi connectivity index (χ1) is 12.7. The van der Waals surface area contributed by atoms with Crippen LogP contribution in [0.4, 0.5) is 0 Å². The van der Waals surface area contributed by atoms with Crippen LogP contribution < -0.4 is 5.69 Å². The molecule has 0 aliphatic heterocycles. The van der Waals surface area contributed by atoms with Gasteiger partial charge in [0.1, 0.15) is 0 Å². The van der Waals surface area contributed by atoms with E-state index in [1.54, 1.807) is 0 Å². The van der Waals surface area contributed by atoms with Crippen molar-refractivity contribution < 1.29 is 0 Å². The molecule has 26 heavy (non-hydrogen) atoms. The third-order valence-corrected chi connectivity index (χ3v) is 5.32. The molecule has 4 aromatic rings. The smallest absolute Gasteiger partial charge is 0.292 e. The van der Waals surface area contributed by atoms with Crippen LogP contribution in [0.25, 0.3) is 32.9 Å². The van der Waals surface area contributed by atoms with Gasteiger partial charge in [-0.05, 0) is 48.1 Å². The lowest BCUT2D eigenvalue weighted by molar-refractivity contribution is 0.614. The van der Waals surface area contributed by atoms with Crippen LogP contribution in [0.1, 0.15) is 18.4 Å². The molecule has 1 heterocycles. The standard InChI is InChI=1S/C23H20N2O/c1-15-9-12-20-21(13-15)25(14-16-10-11-16)23(26)24-22(20)19-8-4-6-17-5-2-3-7-18(17)19/h2-9,12-13,16H,10-11,14H2,1H3. The summed E-state index contributed by atoms with van der Waals surface area (Å²) in [7, 11) is 0. The summed E-state index contributed by atoms with van der Waals surface area (Å²) in [4.78, 5) is 17.4. The molecule has 1 aliphatic rings. The summed E-state index contributed by atoms with van der Waals surface area (Å²) in [6.07, 6.45) is 2.43. The van der Waals surface area contributed by atoms with Crippen molar-refractivity contribution >= 4 is 21.7 Å². The van der Waals surface area contributed by atoms with Crippen molar-refractivity contribution in [3.8, 4) is 11.3 Å². The SMILES string of the molecule is Cc1ccc2c(-c3cccc4ccccc34)nc(=O)n(CC3CC3)c2c1. The largest absolute Gasteiger partial charge is 0.348 e. The van der Waals surface area contributed by atoms with Gasteiger partial charge in [-0.25, -0.2) is 4.79 Å². The molecule has 0 atom stereocenters. The van der Waals surface area contributed by atoms with Gasteiger partial charge in [-0.15, -0.1) is 0 Å². The Morgan fingerprint density at radius 1 is 1.00 bits per heavy atom. The number of hydrogen-bond donors (Lipinski definition) is 0. The van der Waals surface area contributed by atoms with Crippen molar-refractivity contribution in [2.24, 2.45) is 5.92 Å². The van der Waals surface area contributed by atoms with Crippen molar-refractivity contribution in [2.45, 2.75) is 26.3 Å². The van der Waals surface area contributed by atoms with Crippen molar-refractivity contribution in [1.29, 1.82) is 0 Å². The Balaban J connectivity index is 1.85. The van der Waals surface area contributed by atoms with Gasteiger partial charge >= 0.3 is 5.69 Å². The maximum Gasteiger partial charge on any atom is 0.348 e. The van der Waals surface area contributed by atoms with Crippen LogP contribution in [0.2, 0.25) is 0 Å². The molecule has 0 amide bonds. The normalized spacial score (nSPS) is 14.2. The van der Waals surface area contributed by atoms with Crippen molar-refractivity contribution in [1.82, 2.24) is 9.55 Å². The summed E-state index contributed by atoms with van der Waals surface area (Å²) in [5.74, 6) is 0.626. The molecule has 0 radical (unpaired) electrons. The fourth-order valence-electron chi connectivity index (χ4n) is 3.76. The molecule has 3 nitrogen and oxygen atoms in total. The van der Waals surface area contributed by atoms with Gasteiger partial charge in [0.05, 0.1) is 11.2 Å². The average molecular weight is 340 g/mol. The molecule has 3 aromatic carbocycles. The fraction of sp³-hybridized carbons (Fsp3) is 0.217. The Morgan fingerprint density at radius 3 is 2.65 bits per heavy atom. The molecule has 0 N–H and O–H groups in total. The molecule has 1 fully saturated rings. The summed E-state index contributed by atoms with van der Waals surface area (Å²) in [6.45, 7) is 2.85. The van der Waals surface area contributed by atoms with E-state index in [4.69, 9.17) is 0 Å². The van der Waals surface area contributed by atoms with Gasteiger partial charge in [0, 0.05) is 17.5 Å². The number of fused-ring (bicyclic) bond motifs is 2. The molecule has 0 saturated heterocycles. The molecular formula is C23H20N2O. The topological polar surface area (TPSA) is 34.9 Å². The van der Waals surface area contributed by atoms with E-state index in [0.29, 0.717) is 5.92 Å². The third kappa shape index (κ3) is 2.51. The highest BCUT2D eigenvalue weighted by Crippen LogP contribution is 2.34. The van der Waals surface area contributed by atoms with E-state index in [1.807, 2.05) is 22.8 Å². The zero-order chi connectivity index (χ0) is 17.7. The Bertz CT molecular complexity index is 1200. The molecule has 5 rings (SSSR count). The van der Waals surface area contributed by atoms with E-state index in [-0.39, 0.29) is 5.69 Å². The number of rotatable bonds is 3. The fourth-order valence-corrected chi connectivity index (χ4v) is 3.76. The molecule has 3 heteroatoms. The van der Waals surface area contributed by atoms with Crippen LogP contribution in [0, 0.1) is 12.8 Å². The monoisotopic (exact) mass is 340 g/mol. The van der Waals surface area contributed by atoms with Crippen LogP contribution in [0.3, 0.4) is 0 Å². The van der Waals surface area contributed by atoms with Gasteiger partial charge in [-0.2, -0.15) is 4.98 Å². The predicted molar refractivity (Wildman–Crippen MR) is 106 cm³/mol. The van der Waals surface area contributed by atoms with Crippen molar-refractivity contribution in [2.75, 3.05) is 0 Å². The maximum atomic E-state index is 12.9. The second-order valence-corrected chi connectivity index (χ2v) is 7.34. The Hall–Kier alpha value is -2.94. The lowest BCUT2D eigenvalue weighted by Gasteiger charge is -2.14. The highest BCUT2D eigenvalue weighted by Gasteiger charge is 2.24. The van der Waals surface area contributed by atoms with Crippen molar-refractivity contribution in [3.05, 3.63) is 76.7 Å². The van der Waals surface area contributed by atoms with Crippen LogP contribution >= 0.6 is 0 Å². The van der Waals surface area contributed by atoms with Crippen LogP contribution in [-0.4, -0.2) is 9.55 Å². The molecule has 1 aliphatic carbocycles. The van der Waals surface area contributed by atoms with E-state index in [9.17, 15) is 4.79 Å². The third-order valence-electron chi connectivity index (χ3n) is 5.32. The van der Waals surface area contributed by atoms with E-state index in [0.717, 1.165) is 45.0 Å². The summed E-state index contributed by atoms with van der Waals surface area (Å²) in [6, 6.07) is 20.8. The van der Waals surface area contributed by atoms with Gasteiger partial charge < -0.3 is 0 Å². The van der Waals surface area contributed by atoms with Crippen LogP contribution in [0.15, 0.2) is 65.5 Å². The molecule has 1 aromatic heterocycles. The number of benzene rings is 3. The summed E-state index contributed by atoms with van der Waals surface area (Å²) < 4.78 is 1.87. The maximum absolute atomic E-state index is 12.9. The molecule has 0 spiro atoms. The minimum absolute atomic E-state index is 0.141. The van der Waals surface area contributed by atoms with Crippen molar-refractivity contribution in [3.63, 3.8) is 0 Å². The highest BCUT2D eigenvalue weighted by molar-refractivity contribution is 6.03. The number of aromatic nitrogens is 2. The zero-order valence-electron chi connectivity index (χ0n) is 14.8. The Morgan fingerprint density at radius 2 is 1.81 bits per heavy atom. The first-order valence-corrected chi connectivity index (χ1v) is 9.20. The van der Waals surface area contributed by atoms with Gasteiger partial charge in [0.15, 0.2) is 0 Å². The van der Waals surface area contributed by atoms with Gasteiger partial charge in [-0.3, -0.25) is 4.57 Å². The quantitative estimate of drug-likeness (QED) is 0.530. The second-order valence-electron chi connectivity index (χ2n) is 7.34. The minimum Gasteiger partial charge on any atom is -0.292 e. The molecule has 128 valence electrons. The average Bonchev–Trinajstić information content (AvgIpc) is 3.47. The van der Waals surface area contributed by atoms with Gasteiger partial charge in [0.25, 0.3) is 0 Å². The molecule has 0 bridgehead atoms. The first-order valence-electron chi connectivity index (χ1n) is 9.20. The predicted octanol–water partition coefficient (Wildman–Crippen LogP) is 4.94. The summed E-state index contributed by atoms with van der Waals surface area (Å²) >= 11 is 0. The Kier molecular flexibility index (Phi) is 3.42. The molecule has 1 saturated carbocycles. The second kappa shape index (κ2) is 5.80. The highest BCUT2D eigenvalue weighted by atomic mass is 16.1. The number of aryl methyl sites for hydroxylation is 1. The van der Waals surface area contributed by atoms with Gasteiger partial charge in [0.2, 0.25) is 0 Å². The molecular weight excluding hydrogens is 320 g/mol. The first kappa shape index (κ1) is 15.3. The van der Waals surface area contributed by atoms with E-state index < -0.39 is 0 Å². The minimum atomic E-state index is -0.141. The van der Waals surface area contributed by atoms with Crippen LogP contribution in [-0.2, 0) is 6.54 Å². The summed E-state index contributed by atoms with van der Waals surface area (Å²) in [5.41, 5.74) is 3.83. The number of nitrogens with zero attached hydrogens (tertiary/aromatic N) is 2. The Labute approximate surface area is 151 Å². The number of hydrogen-bond acceptors (Lipinski definition) is 2. The lowest BCUT2D eigenvalue weighted by atomic mass is 9.99.